The second-order valence-electron chi connectivity index (χ2n) is 8.45. The van der Waals surface area contributed by atoms with Gasteiger partial charge in [-0.25, -0.2) is 14.0 Å². The highest BCUT2D eigenvalue weighted by molar-refractivity contribution is 5.68. The van der Waals surface area contributed by atoms with E-state index in [0.717, 1.165) is 18.5 Å². The third kappa shape index (κ3) is 4.45. The molecule has 0 unspecified atom stereocenters. The fourth-order valence-corrected chi connectivity index (χ4v) is 3.87. The Kier molecular flexibility index (Phi) is 5.92. The number of nitrogens with zero attached hydrogens (tertiary/aromatic N) is 3. The van der Waals surface area contributed by atoms with Crippen molar-refractivity contribution in [3.8, 4) is 0 Å². The van der Waals surface area contributed by atoms with Crippen LogP contribution < -0.4 is 0 Å². The van der Waals surface area contributed by atoms with E-state index in [0.29, 0.717) is 31.8 Å². The Morgan fingerprint density at radius 1 is 1.32 bits per heavy atom. The van der Waals surface area contributed by atoms with Crippen LogP contribution in [0.15, 0.2) is 12.1 Å². The van der Waals surface area contributed by atoms with Gasteiger partial charge in [-0.3, -0.25) is 4.90 Å². The molecule has 1 amide bonds. The average molecular weight is 389 g/mol. The number of benzene rings is 1. The van der Waals surface area contributed by atoms with E-state index >= 15 is 0 Å². The van der Waals surface area contributed by atoms with Gasteiger partial charge in [0.15, 0.2) is 0 Å². The Morgan fingerprint density at radius 3 is 2.75 bits per heavy atom. The van der Waals surface area contributed by atoms with Crippen LogP contribution in [-0.4, -0.2) is 60.3 Å². The van der Waals surface area contributed by atoms with Crippen LogP contribution in [0.5, 0.6) is 0 Å². The smallest absolute Gasteiger partial charge is 0.410 e. The third-order valence-corrected chi connectivity index (χ3v) is 5.31. The molecule has 28 heavy (non-hydrogen) atoms. The lowest BCUT2D eigenvalue weighted by Gasteiger charge is -2.41. The van der Waals surface area contributed by atoms with Gasteiger partial charge in [0.25, 0.3) is 0 Å². The molecular formula is C21H28FN3O3. The summed E-state index contributed by atoms with van der Waals surface area (Å²) in [6.45, 7) is 17.8. The second kappa shape index (κ2) is 8.06. The molecule has 0 aromatic heterocycles. The first-order chi connectivity index (χ1) is 13.2. The van der Waals surface area contributed by atoms with Crippen molar-refractivity contribution in [1.82, 2.24) is 9.80 Å². The van der Waals surface area contributed by atoms with Crippen LogP contribution in [0.25, 0.3) is 4.85 Å². The Bertz CT molecular complexity index is 784. The number of carbonyl (C=O) groups is 1. The van der Waals surface area contributed by atoms with Crippen LogP contribution in [0.1, 0.15) is 44.4 Å². The highest BCUT2D eigenvalue weighted by Gasteiger charge is 2.35. The highest BCUT2D eigenvalue weighted by Crippen LogP contribution is 2.34. The lowest BCUT2D eigenvalue weighted by atomic mass is 10.00. The molecule has 1 aromatic carbocycles. The normalized spacial score (nSPS) is 23.5. The number of amides is 1. The topological polar surface area (TPSA) is 46.4 Å². The predicted octanol–water partition coefficient (Wildman–Crippen LogP) is 4.07. The maximum absolute atomic E-state index is 13.9. The molecule has 2 heterocycles. The van der Waals surface area contributed by atoms with Crippen LogP contribution in [0, 0.1) is 19.3 Å². The van der Waals surface area contributed by atoms with Gasteiger partial charge in [-0.2, -0.15) is 0 Å². The number of ether oxygens (including phenoxy) is 2. The van der Waals surface area contributed by atoms with Crippen molar-refractivity contribution in [1.29, 1.82) is 0 Å². The molecule has 7 heteroatoms. The minimum atomic E-state index is -0.507. The van der Waals surface area contributed by atoms with E-state index in [-0.39, 0.29) is 23.9 Å². The Labute approximate surface area is 166 Å². The summed E-state index contributed by atoms with van der Waals surface area (Å²) in [5, 5.41) is 0. The van der Waals surface area contributed by atoms with Gasteiger partial charge in [-0.05, 0) is 51.3 Å². The van der Waals surface area contributed by atoms with Crippen LogP contribution >= 0.6 is 0 Å². The van der Waals surface area contributed by atoms with Crippen molar-refractivity contribution in [2.45, 2.75) is 51.9 Å². The SMILES string of the molecule is [C-]#[N+]c1c(F)ccc([C@@H]2CN3CCN(C(=O)OC(C)(C)C)C[C@@H]3CCO2)c1C. The second-order valence-corrected chi connectivity index (χ2v) is 8.45. The van der Waals surface area contributed by atoms with Crippen LogP contribution in [-0.2, 0) is 9.47 Å². The van der Waals surface area contributed by atoms with Gasteiger partial charge in [0.05, 0.1) is 12.7 Å². The van der Waals surface area contributed by atoms with Gasteiger partial charge < -0.3 is 14.4 Å². The third-order valence-electron chi connectivity index (χ3n) is 5.31. The molecule has 0 aliphatic carbocycles. The maximum Gasteiger partial charge on any atom is 0.410 e. The molecule has 2 saturated heterocycles. The zero-order chi connectivity index (χ0) is 20.5. The molecule has 3 rings (SSSR count). The van der Waals surface area contributed by atoms with E-state index < -0.39 is 11.4 Å². The first-order valence-electron chi connectivity index (χ1n) is 9.69. The van der Waals surface area contributed by atoms with Crippen LogP contribution in [0.2, 0.25) is 0 Å². The fourth-order valence-electron chi connectivity index (χ4n) is 3.87. The fraction of sp³-hybridized carbons (Fsp3) is 0.619. The van der Waals surface area contributed by atoms with Crippen LogP contribution in [0.4, 0.5) is 14.9 Å². The molecule has 152 valence electrons. The average Bonchev–Trinajstić information content (AvgIpc) is 2.82. The summed E-state index contributed by atoms with van der Waals surface area (Å²) in [7, 11) is 0. The zero-order valence-electron chi connectivity index (χ0n) is 17.0. The molecular weight excluding hydrogens is 361 g/mol. The quantitative estimate of drug-likeness (QED) is 0.680. The van der Waals surface area contributed by atoms with Crippen molar-refractivity contribution < 1.29 is 18.7 Å². The summed E-state index contributed by atoms with van der Waals surface area (Å²) >= 11 is 0. The van der Waals surface area contributed by atoms with Crippen molar-refractivity contribution >= 4 is 11.8 Å². The maximum atomic E-state index is 13.9. The van der Waals surface area contributed by atoms with Crippen LogP contribution in [0.3, 0.4) is 0 Å². The standard InChI is InChI=1S/C21H28FN3O3/c1-14-16(6-7-17(22)19(14)23-5)18-13-24-9-10-25(12-15(24)8-11-27-18)20(26)28-21(2,3)4/h6-7,15,18H,8-13H2,1-4H3/t15-,18-/m0/s1. The monoisotopic (exact) mass is 389 g/mol. The number of piperazine rings is 1. The van der Waals surface area contributed by atoms with Gasteiger partial charge in [-0.1, -0.05) is 6.07 Å². The van der Waals surface area contributed by atoms with Gasteiger partial charge in [0, 0.05) is 38.8 Å². The number of fused-ring (bicyclic) bond motifs is 1. The molecule has 0 bridgehead atoms. The molecule has 2 aliphatic heterocycles. The molecule has 2 fully saturated rings. The minimum absolute atomic E-state index is 0.0663. The van der Waals surface area contributed by atoms with Gasteiger partial charge in [0.2, 0.25) is 5.69 Å². The molecule has 2 aliphatic rings. The number of hydrogen-bond donors (Lipinski definition) is 0. The summed E-state index contributed by atoms with van der Waals surface area (Å²) in [6, 6.07) is 3.27. The largest absolute Gasteiger partial charge is 0.444 e. The molecule has 2 atom stereocenters. The number of rotatable bonds is 1. The Balaban J connectivity index is 1.71. The van der Waals surface area contributed by atoms with E-state index in [4.69, 9.17) is 16.0 Å². The Hall–Kier alpha value is -2.17. The van der Waals surface area contributed by atoms with Crippen molar-refractivity contribution in [3.63, 3.8) is 0 Å². The Morgan fingerprint density at radius 2 is 2.07 bits per heavy atom. The number of carbonyl (C=O) groups excluding carboxylic acids is 1. The summed E-state index contributed by atoms with van der Waals surface area (Å²) < 4.78 is 25.4. The van der Waals surface area contributed by atoms with E-state index in [1.807, 2.05) is 20.8 Å². The van der Waals surface area contributed by atoms with Gasteiger partial charge in [-0.15, -0.1) is 0 Å². The molecule has 1 aromatic rings. The first kappa shape index (κ1) is 20.6. The van der Waals surface area contributed by atoms with E-state index in [1.165, 1.54) is 6.07 Å². The van der Waals surface area contributed by atoms with E-state index in [1.54, 1.807) is 17.9 Å². The highest BCUT2D eigenvalue weighted by atomic mass is 19.1. The summed E-state index contributed by atoms with van der Waals surface area (Å²) in [6.07, 6.45) is 0.329. The lowest BCUT2D eigenvalue weighted by molar-refractivity contribution is 0.00193. The summed E-state index contributed by atoms with van der Waals surface area (Å²) in [5.74, 6) is -0.492. The zero-order valence-corrected chi connectivity index (χ0v) is 17.0. The molecule has 0 saturated carbocycles. The summed E-state index contributed by atoms with van der Waals surface area (Å²) in [4.78, 5) is 19.8. The number of hydrogen-bond acceptors (Lipinski definition) is 4. The predicted molar refractivity (Wildman–Crippen MR) is 104 cm³/mol. The van der Waals surface area contributed by atoms with Crippen molar-refractivity contribution in [3.05, 3.63) is 40.5 Å². The first-order valence-corrected chi connectivity index (χ1v) is 9.69. The lowest BCUT2D eigenvalue weighted by Crippen LogP contribution is -2.55. The molecule has 6 nitrogen and oxygen atoms in total. The summed E-state index contributed by atoms with van der Waals surface area (Å²) in [5.41, 5.74) is 1.07. The molecule has 0 N–H and O–H groups in total. The number of halogens is 1. The van der Waals surface area contributed by atoms with Crippen molar-refractivity contribution in [2.24, 2.45) is 0 Å². The minimum Gasteiger partial charge on any atom is -0.444 e. The van der Waals surface area contributed by atoms with E-state index in [9.17, 15) is 9.18 Å². The van der Waals surface area contributed by atoms with Gasteiger partial charge in [0.1, 0.15) is 11.4 Å². The van der Waals surface area contributed by atoms with Crippen molar-refractivity contribution in [2.75, 3.05) is 32.8 Å². The molecule has 0 spiro atoms. The van der Waals surface area contributed by atoms with Gasteiger partial charge >= 0.3 is 6.09 Å². The van der Waals surface area contributed by atoms with E-state index in [2.05, 4.69) is 9.74 Å². The molecule has 0 radical (unpaired) electrons.